The normalized spacial score (nSPS) is 19.0. The highest BCUT2D eigenvalue weighted by Gasteiger charge is 2.39. The van der Waals surface area contributed by atoms with Gasteiger partial charge in [0.2, 0.25) is 5.43 Å². The third-order valence-corrected chi connectivity index (χ3v) is 9.09. The molecule has 0 amide bonds. The second kappa shape index (κ2) is 10.3. The van der Waals surface area contributed by atoms with Crippen LogP contribution in [-0.4, -0.2) is 82.3 Å². The number of rotatable bonds is 6. The van der Waals surface area contributed by atoms with Gasteiger partial charge in [-0.25, -0.2) is 19.2 Å². The van der Waals surface area contributed by atoms with Crippen LogP contribution in [0.2, 0.25) is 0 Å². The van der Waals surface area contributed by atoms with Crippen LogP contribution in [0.25, 0.3) is 44.1 Å². The van der Waals surface area contributed by atoms with Crippen LogP contribution in [0.15, 0.2) is 41.6 Å². The van der Waals surface area contributed by atoms with Crippen LogP contribution in [0, 0.1) is 11.7 Å². The lowest BCUT2D eigenvalue weighted by atomic mass is 9.93. The van der Waals surface area contributed by atoms with Gasteiger partial charge in [-0.05, 0) is 57.6 Å². The molecule has 222 valence electrons. The average molecular weight is 585 g/mol. The maximum absolute atomic E-state index is 14.9. The van der Waals surface area contributed by atoms with E-state index in [2.05, 4.69) is 37.4 Å². The number of piperidine rings is 1. The number of aromatic carboxylic acids is 1. The number of fused-ring (bicyclic) bond motifs is 5. The number of pyridine rings is 3. The molecule has 11 nitrogen and oxygen atoms in total. The Hall–Kier alpha value is -4.55. The van der Waals surface area contributed by atoms with Crippen molar-refractivity contribution in [2.75, 3.05) is 51.0 Å². The number of anilines is 2. The van der Waals surface area contributed by atoms with Gasteiger partial charge in [-0.1, -0.05) is 0 Å². The molecule has 6 heterocycles. The molecular formula is C31H33FN8O3. The van der Waals surface area contributed by atoms with Crippen molar-refractivity contribution in [3.63, 3.8) is 0 Å². The van der Waals surface area contributed by atoms with Crippen molar-refractivity contribution in [2.24, 2.45) is 5.92 Å². The van der Waals surface area contributed by atoms with Gasteiger partial charge in [0, 0.05) is 61.3 Å². The number of H-pyrrole nitrogens is 1. The lowest BCUT2D eigenvalue weighted by molar-refractivity contribution is 0.0694. The van der Waals surface area contributed by atoms with Gasteiger partial charge in [0.25, 0.3) is 0 Å². The largest absolute Gasteiger partial charge is 0.477 e. The first-order valence-electron chi connectivity index (χ1n) is 14.5. The average Bonchev–Trinajstić information content (AvgIpc) is 3.60. The first-order valence-corrected chi connectivity index (χ1v) is 14.5. The number of aromatic amines is 1. The van der Waals surface area contributed by atoms with Gasteiger partial charge in [0.05, 0.1) is 34.3 Å². The number of likely N-dealkylation sites (tertiary alicyclic amines) is 1. The maximum atomic E-state index is 14.9. The fraction of sp³-hybridized carbons (Fsp3) is 0.355. The zero-order valence-corrected chi connectivity index (χ0v) is 24.2. The predicted octanol–water partition coefficient (Wildman–Crippen LogP) is 3.68. The molecule has 2 aliphatic heterocycles. The number of benzene rings is 1. The van der Waals surface area contributed by atoms with Crippen LogP contribution in [-0.2, 0) is 6.67 Å². The summed E-state index contributed by atoms with van der Waals surface area (Å²) in [6.07, 6.45) is 7.07. The third-order valence-electron chi connectivity index (χ3n) is 9.09. The molecule has 2 aliphatic rings. The summed E-state index contributed by atoms with van der Waals surface area (Å²) in [6.45, 7) is 2.96. The van der Waals surface area contributed by atoms with E-state index in [4.69, 9.17) is 4.98 Å². The van der Waals surface area contributed by atoms with Crippen LogP contribution in [0.4, 0.5) is 15.8 Å². The number of nitrogens with one attached hydrogen (secondary N) is 3. The maximum Gasteiger partial charge on any atom is 0.341 e. The van der Waals surface area contributed by atoms with Gasteiger partial charge >= 0.3 is 5.97 Å². The van der Waals surface area contributed by atoms with Crippen molar-refractivity contribution in [1.29, 1.82) is 0 Å². The number of likely N-dealkylation sites (N-methyl/N-ethyl adjacent to an activating group) is 1. The summed E-state index contributed by atoms with van der Waals surface area (Å²) in [5.41, 5.74) is 3.77. The molecule has 0 bridgehead atoms. The lowest BCUT2D eigenvalue weighted by Gasteiger charge is -2.33. The van der Waals surface area contributed by atoms with E-state index in [9.17, 15) is 19.1 Å². The third kappa shape index (κ3) is 4.31. The van der Waals surface area contributed by atoms with Gasteiger partial charge in [-0.2, -0.15) is 0 Å². The minimum Gasteiger partial charge on any atom is -0.477 e. The number of halogens is 1. The quantitative estimate of drug-likeness (QED) is 0.236. The predicted molar refractivity (Wildman–Crippen MR) is 165 cm³/mol. The lowest BCUT2D eigenvalue weighted by Crippen LogP contribution is -2.42. The fourth-order valence-corrected chi connectivity index (χ4v) is 7.10. The number of hydrogen-bond donors (Lipinski definition) is 4. The smallest absolute Gasteiger partial charge is 0.341 e. The van der Waals surface area contributed by atoms with E-state index >= 15 is 0 Å². The number of carboxylic acids is 1. The fourth-order valence-electron chi connectivity index (χ4n) is 7.10. The Morgan fingerprint density at radius 3 is 2.74 bits per heavy atom. The molecule has 0 radical (unpaired) electrons. The summed E-state index contributed by atoms with van der Waals surface area (Å²) < 4.78 is 16.6. The van der Waals surface area contributed by atoms with Crippen molar-refractivity contribution in [2.45, 2.75) is 25.6 Å². The van der Waals surface area contributed by atoms with Crippen molar-refractivity contribution in [3.8, 4) is 11.1 Å². The van der Waals surface area contributed by atoms with Crippen molar-refractivity contribution in [1.82, 2.24) is 29.7 Å². The number of carbonyl (C=O) groups is 1. The topological polar surface area (TPSA) is 131 Å². The zero-order valence-electron chi connectivity index (χ0n) is 24.2. The van der Waals surface area contributed by atoms with Gasteiger partial charge in [0.15, 0.2) is 0 Å². The summed E-state index contributed by atoms with van der Waals surface area (Å²) in [6, 6.07) is 5.09. The van der Waals surface area contributed by atoms with Crippen LogP contribution in [0.1, 0.15) is 23.2 Å². The summed E-state index contributed by atoms with van der Waals surface area (Å²) in [4.78, 5) is 43.0. The van der Waals surface area contributed by atoms with Gasteiger partial charge in [-0.15, -0.1) is 0 Å². The SMILES string of the molecule is CNCn1cc(C(=O)O)c(=O)c2cc(-c3cnc4[nH]c5c(NC)cc(F)cc5c4c3N3CC4CCCN(C)C4C3)cnc21. The van der Waals surface area contributed by atoms with E-state index in [1.807, 2.05) is 0 Å². The molecule has 4 aromatic heterocycles. The Bertz CT molecular complexity index is 1990. The van der Waals surface area contributed by atoms with Crippen LogP contribution < -0.4 is 21.0 Å². The molecule has 0 saturated carbocycles. The van der Waals surface area contributed by atoms with Gasteiger partial charge < -0.3 is 35.1 Å². The summed E-state index contributed by atoms with van der Waals surface area (Å²) in [5, 5.41) is 17.6. The summed E-state index contributed by atoms with van der Waals surface area (Å²) in [7, 11) is 5.67. The van der Waals surface area contributed by atoms with E-state index in [0.717, 1.165) is 54.6 Å². The highest BCUT2D eigenvalue weighted by Crippen LogP contribution is 2.45. The second-order valence-electron chi connectivity index (χ2n) is 11.6. The molecular weight excluding hydrogens is 551 g/mol. The summed E-state index contributed by atoms with van der Waals surface area (Å²) in [5.74, 6) is -1.16. The Kier molecular flexibility index (Phi) is 6.55. The number of aromatic nitrogens is 4. The Morgan fingerprint density at radius 1 is 1.16 bits per heavy atom. The van der Waals surface area contributed by atoms with Crippen LogP contribution in [0.5, 0.6) is 0 Å². The highest BCUT2D eigenvalue weighted by molar-refractivity contribution is 6.18. The molecule has 7 rings (SSSR count). The van der Waals surface area contributed by atoms with E-state index in [1.165, 1.54) is 18.3 Å². The first kappa shape index (κ1) is 27.3. The molecule has 5 aromatic rings. The molecule has 2 fully saturated rings. The van der Waals surface area contributed by atoms with E-state index in [-0.39, 0.29) is 23.4 Å². The molecule has 12 heteroatoms. The van der Waals surface area contributed by atoms with Crippen molar-refractivity contribution in [3.05, 3.63) is 58.4 Å². The second-order valence-corrected chi connectivity index (χ2v) is 11.6. The monoisotopic (exact) mass is 584 g/mol. The number of hydrogen-bond acceptors (Lipinski definition) is 8. The molecule has 2 unspecified atom stereocenters. The van der Waals surface area contributed by atoms with Crippen molar-refractivity contribution >= 4 is 50.3 Å². The molecule has 0 aliphatic carbocycles. The zero-order chi connectivity index (χ0) is 30.0. The molecule has 1 aromatic carbocycles. The van der Waals surface area contributed by atoms with E-state index in [0.29, 0.717) is 39.9 Å². The highest BCUT2D eigenvalue weighted by atomic mass is 19.1. The molecule has 43 heavy (non-hydrogen) atoms. The van der Waals surface area contributed by atoms with E-state index in [1.54, 1.807) is 37.1 Å². The summed E-state index contributed by atoms with van der Waals surface area (Å²) >= 11 is 0. The Labute approximate surface area is 246 Å². The Balaban J connectivity index is 1.51. The number of carboxylic acid groups (broad SMARTS) is 1. The molecule has 4 N–H and O–H groups in total. The van der Waals surface area contributed by atoms with Crippen molar-refractivity contribution < 1.29 is 14.3 Å². The number of nitrogens with zero attached hydrogens (tertiary/aromatic N) is 5. The Morgan fingerprint density at radius 2 is 2.00 bits per heavy atom. The first-order chi connectivity index (χ1) is 20.8. The standard InChI is InChI=1S/C31H33FN8O3/c1-33-15-40-13-22(31(42)43)28(41)20-7-17(10-36-30(20)40)21-11-35-29-25(19-8-18(32)9-23(34-2)26(19)37-29)27(21)39-12-16-5-4-6-38(3)24(16)14-39/h7-11,13,16,24,33-34H,4-6,12,14-15H2,1-3H3,(H,35,37)(H,42,43). The van der Waals surface area contributed by atoms with Crippen LogP contribution in [0.3, 0.4) is 0 Å². The molecule has 2 saturated heterocycles. The van der Waals surface area contributed by atoms with Gasteiger partial charge in [0.1, 0.15) is 22.7 Å². The molecule has 0 spiro atoms. The minimum absolute atomic E-state index is 0.205. The van der Waals surface area contributed by atoms with Crippen LogP contribution >= 0.6 is 0 Å². The molecule has 2 atom stereocenters. The van der Waals surface area contributed by atoms with E-state index < -0.39 is 11.4 Å². The minimum atomic E-state index is -1.30. The van der Waals surface area contributed by atoms with Gasteiger partial charge in [-0.3, -0.25) is 4.79 Å².